The van der Waals surface area contributed by atoms with Crippen molar-refractivity contribution in [2.75, 3.05) is 7.11 Å². The fraction of sp³-hybridized carbons (Fsp3) is 0.133. The molecule has 24 heavy (non-hydrogen) atoms. The van der Waals surface area contributed by atoms with Gasteiger partial charge in [0.2, 0.25) is 0 Å². The van der Waals surface area contributed by atoms with Crippen LogP contribution in [-0.2, 0) is 0 Å². The molecule has 0 fully saturated rings. The van der Waals surface area contributed by atoms with E-state index in [0.29, 0.717) is 0 Å². The first-order valence-corrected chi connectivity index (χ1v) is 6.72. The monoisotopic (exact) mass is 329 g/mol. The molecule has 2 aromatic rings. The maximum absolute atomic E-state index is 12.0. The van der Waals surface area contributed by atoms with E-state index in [1.54, 1.807) is 19.1 Å². The van der Waals surface area contributed by atoms with Gasteiger partial charge in [-0.1, -0.05) is 5.75 Å². The number of non-ortho nitro benzene ring substituents is 1. The average molecular weight is 329 g/mol. The van der Waals surface area contributed by atoms with Gasteiger partial charge in [0.25, 0.3) is 11.6 Å². The van der Waals surface area contributed by atoms with Crippen LogP contribution >= 0.6 is 0 Å². The summed E-state index contributed by atoms with van der Waals surface area (Å²) < 4.78 is 4.81. The second kappa shape index (κ2) is 7.18. The van der Waals surface area contributed by atoms with Crippen molar-refractivity contribution in [3.8, 4) is 11.5 Å². The molecular formula is C15H13N4O5-. The molecule has 1 N–H and O–H groups in total. The number of hydrogen-bond acceptors (Lipinski definition) is 7. The van der Waals surface area contributed by atoms with Crippen molar-refractivity contribution in [1.82, 2.24) is 10.4 Å². The number of benzene rings is 1. The Bertz CT molecular complexity index is 802. The molecule has 9 nitrogen and oxygen atoms in total. The first kappa shape index (κ1) is 16.9. The molecule has 1 heterocycles. The number of ether oxygens (including phenoxy) is 1. The van der Waals surface area contributed by atoms with E-state index in [1.165, 1.54) is 13.3 Å². The zero-order valence-corrected chi connectivity index (χ0v) is 12.8. The zero-order valence-electron chi connectivity index (χ0n) is 12.8. The fourth-order valence-electron chi connectivity index (χ4n) is 1.79. The second-order valence-electron chi connectivity index (χ2n) is 4.71. The Morgan fingerprint density at radius 3 is 2.75 bits per heavy atom. The minimum atomic E-state index is -0.657. The van der Waals surface area contributed by atoms with E-state index in [0.717, 1.165) is 24.0 Å². The van der Waals surface area contributed by atoms with E-state index in [1.807, 2.05) is 0 Å². The van der Waals surface area contributed by atoms with Gasteiger partial charge in [-0.15, -0.1) is 0 Å². The first-order valence-electron chi connectivity index (χ1n) is 6.72. The van der Waals surface area contributed by atoms with Crippen LogP contribution in [-0.4, -0.2) is 29.1 Å². The third kappa shape index (κ3) is 3.83. The highest BCUT2D eigenvalue weighted by Crippen LogP contribution is 2.31. The molecule has 0 aliphatic heterocycles. The molecule has 0 saturated carbocycles. The van der Waals surface area contributed by atoms with Crippen LogP contribution in [0.1, 0.15) is 21.6 Å². The van der Waals surface area contributed by atoms with E-state index >= 15 is 0 Å². The van der Waals surface area contributed by atoms with Crippen molar-refractivity contribution in [3.63, 3.8) is 0 Å². The highest BCUT2D eigenvalue weighted by molar-refractivity contribution is 5.95. The predicted octanol–water partition coefficient (Wildman–Crippen LogP) is 1.14. The van der Waals surface area contributed by atoms with E-state index in [4.69, 9.17) is 4.74 Å². The van der Waals surface area contributed by atoms with Crippen molar-refractivity contribution in [3.05, 3.63) is 57.4 Å². The summed E-state index contributed by atoms with van der Waals surface area (Å²) in [5, 5.41) is 26.5. The minimum absolute atomic E-state index is 0.0802. The van der Waals surface area contributed by atoms with Gasteiger partial charge in [0.05, 0.1) is 29.9 Å². The Labute approximate surface area is 136 Å². The maximum Gasteiger partial charge on any atom is 0.273 e. The summed E-state index contributed by atoms with van der Waals surface area (Å²) in [6, 6.07) is 5.31. The Kier molecular flexibility index (Phi) is 5.05. The number of carbonyl (C=O) groups excluding carboxylic acids is 1. The summed E-state index contributed by atoms with van der Waals surface area (Å²) in [7, 11) is 1.23. The van der Waals surface area contributed by atoms with Gasteiger partial charge in [0.1, 0.15) is 5.75 Å². The lowest BCUT2D eigenvalue weighted by atomic mass is 10.2. The highest BCUT2D eigenvalue weighted by Gasteiger charge is 2.11. The summed E-state index contributed by atoms with van der Waals surface area (Å²) in [6.07, 6.45) is 2.41. The van der Waals surface area contributed by atoms with Gasteiger partial charge < -0.3 is 9.84 Å². The number of nitrogens with zero attached hydrogens (tertiary/aromatic N) is 3. The Morgan fingerprint density at radius 2 is 2.17 bits per heavy atom. The minimum Gasteiger partial charge on any atom is -0.870 e. The van der Waals surface area contributed by atoms with Crippen LogP contribution in [0.4, 0.5) is 5.69 Å². The lowest BCUT2D eigenvalue weighted by molar-refractivity contribution is -0.385. The topological polar surface area (TPSA) is 130 Å². The highest BCUT2D eigenvalue weighted by atomic mass is 16.6. The predicted molar refractivity (Wildman–Crippen MR) is 83.1 cm³/mol. The standard InChI is InChI=1S/C15H14N4O5/c1-9-3-4-10(7-16-9)15(21)18-17-8-11-5-12(19(22)23)6-13(24-2)14(11)20/h3-8,20H,1-2H3,(H,18,21)/p-1/b17-8+. The SMILES string of the molecule is COc1cc([N+](=O)[O-])cc(/C=N/NC(=O)c2ccc(C)nc2)c1[O-]. The van der Waals surface area contributed by atoms with E-state index < -0.39 is 16.6 Å². The molecule has 1 amide bonds. The second-order valence-corrected chi connectivity index (χ2v) is 4.71. The number of nitro groups is 1. The summed E-state index contributed by atoms with van der Waals surface area (Å²) in [5.74, 6) is -1.28. The third-order valence-electron chi connectivity index (χ3n) is 3.04. The van der Waals surface area contributed by atoms with Crippen molar-refractivity contribution in [1.29, 1.82) is 0 Å². The Balaban J connectivity index is 2.19. The quantitative estimate of drug-likeness (QED) is 0.497. The number of nitrogens with one attached hydrogen (secondary N) is 1. The van der Waals surface area contributed by atoms with Gasteiger partial charge in [-0.2, -0.15) is 5.10 Å². The molecule has 0 aliphatic carbocycles. The number of nitro benzene ring substituents is 1. The van der Waals surface area contributed by atoms with Crippen molar-refractivity contribution in [2.45, 2.75) is 6.92 Å². The van der Waals surface area contributed by atoms with Gasteiger partial charge in [-0.25, -0.2) is 5.43 Å². The molecule has 0 atom stereocenters. The van der Waals surface area contributed by atoms with Crippen molar-refractivity contribution < 1.29 is 19.6 Å². The number of methoxy groups -OCH3 is 1. The van der Waals surface area contributed by atoms with Gasteiger partial charge in [0, 0.05) is 18.0 Å². The molecule has 124 valence electrons. The number of pyridine rings is 1. The van der Waals surface area contributed by atoms with Crippen LogP contribution in [0.5, 0.6) is 11.5 Å². The van der Waals surface area contributed by atoms with Gasteiger partial charge in [0.15, 0.2) is 0 Å². The fourth-order valence-corrected chi connectivity index (χ4v) is 1.79. The molecule has 0 radical (unpaired) electrons. The Hall–Kier alpha value is -3.49. The largest absolute Gasteiger partial charge is 0.870 e. The number of aryl methyl sites for hydroxylation is 1. The number of rotatable bonds is 5. The van der Waals surface area contributed by atoms with E-state index in [2.05, 4.69) is 15.5 Å². The van der Waals surface area contributed by atoms with E-state index in [-0.39, 0.29) is 22.6 Å². The number of aromatic nitrogens is 1. The van der Waals surface area contributed by atoms with Crippen LogP contribution in [0, 0.1) is 17.0 Å². The summed E-state index contributed by atoms with van der Waals surface area (Å²) >= 11 is 0. The summed E-state index contributed by atoms with van der Waals surface area (Å²) in [5.41, 5.74) is 2.87. The molecule has 1 aromatic heterocycles. The van der Waals surface area contributed by atoms with Crippen LogP contribution in [0.3, 0.4) is 0 Å². The molecule has 0 saturated heterocycles. The molecule has 0 aliphatic rings. The molecule has 0 spiro atoms. The van der Waals surface area contributed by atoms with Crippen LogP contribution in [0.15, 0.2) is 35.6 Å². The lowest BCUT2D eigenvalue weighted by Gasteiger charge is -2.14. The average Bonchev–Trinajstić information content (AvgIpc) is 2.56. The number of hydrazone groups is 1. The first-order chi connectivity index (χ1) is 11.4. The number of carbonyl (C=O) groups is 1. The van der Waals surface area contributed by atoms with Crippen molar-refractivity contribution >= 4 is 17.8 Å². The zero-order chi connectivity index (χ0) is 17.7. The third-order valence-corrected chi connectivity index (χ3v) is 3.04. The van der Waals surface area contributed by atoms with Crippen LogP contribution in [0.25, 0.3) is 0 Å². The molecule has 0 unspecified atom stereocenters. The normalized spacial score (nSPS) is 10.6. The molecule has 1 aromatic carbocycles. The van der Waals surface area contributed by atoms with Crippen LogP contribution < -0.4 is 15.3 Å². The van der Waals surface area contributed by atoms with Crippen molar-refractivity contribution in [2.24, 2.45) is 5.10 Å². The molecular weight excluding hydrogens is 316 g/mol. The smallest absolute Gasteiger partial charge is 0.273 e. The number of hydrogen-bond donors (Lipinski definition) is 1. The molecule has 2 rings (SSSR count). The maximum atomic E-state index is 12.0. The van der Waals surface area contributed by atoms with E-state index in [9.17, 15) is 20.0 Å². The van der Waals surface area contributed by atoms with Gasteiger partial charge in [-0.3, -0.25) is 19.9 Å². The molecule has 9 heteroatoms. The van der Waals surface area contributed by atoms with Gasteiger partial charge >= 0.3 is 0 Å². The lowest BCUT2D eigenvalue weighted by Crippen LogP contribution is -2.18. The molecule has 0 bridgehead atoms. The summed E-state index contributed by atoms with van der Waals surface area (Å²) in [4.78, 5) is 26.0. The van der Waals surface area contributed by atoms with Crippen LogP contribution in [0.2, 0.25) is 0 Å². The Morgan fingerprint density at radius 1 is 1.42 bits per heavy atom. The van der Waals surface area contributed by atoms with Gasteiger partial charge in [-0.05, 0) is 24.6 Å². The summed E-state index contributed by atoms with van der Waals surface area (Å²) in [6.45, 7) is 1.78. The number of amides is 1.